The van der Waals surface area contributed by atoms with Gasteiger partial charge in [0.25, 0.3) is 0 Å². The Morgan fingerprint density at radius 2 is 1.67 bits per heavy atom. The molecule has 0 saturated heterocycles. The van der Waals surface area contributed by atoms with E-state index >= 15 is 0 Å². The van der Waals surface area contributed by atoms with Crippen LogP contribution in [0.4, 0.5) is 0 Å². The molecule has 1 aliphatic rings. The number of hydrogen-bond acceptors (Lipinski definition) is 1. The molecule has 1 nitrogen and oxygen atoms in total. The summed E-state index contributed by atoms with van der Waals surface area (Å²) >= 11 is 0. The van der Waals surface area contributed by atoms with E-state index in [0.717, 1.165) is 24.0 Å². The molecule has 1 N–H and O–H groups in total. The third-order valence-electron chi connectivity index (χ3n) is 4.03. The minimum Gasteiger partial charge on any atom is -0.391 e. The highest BCUT2D eigenvalue weighted by Gasteiger charge is 2.35. The van der Waals surface area contributed by atoms with Gasteiger partial charge in [-0.1, -0.05) is 59.9 Å². The molecule has 2 atom stereocenters. The second-order valence-corrected chi connectivity index (χ2v) is 5.85. The Balaban J connectivity index is 1.89. The van der Waals surface area contributed by atoms with E-state index in [-0.39, 0.29) is 12.0 Å². The summed E-state index contributed by atoms with van der Waals surface area (Å²) in [6, 6.07) is 18.3. The number of aliphatic hydroxyl groups excluding tert-OH is 1. The van der Waals surface area contributed by atoms with Crippen LogP contribution in [-0.2, 0) is 0 Å². The first kappa shape index (κ1) is 13.9. The van der Waals surface area contributed by atoms with Gasteiger partial charge in [-0.15, -0.1) is 0 Å². The van der Waals surface area contributed by atoms with Gasteiger partial charge < -0.3 is 5.11 Å². The van der Waals surface area contributed by atoms with E-state index in [1.807, 2.05) is 30.3 Å². The molecule has 1 saturated carbocycles. The largest absolute Gasteiger partial charge is 0.391 e. The average Bonchev–Trinajstić information content (AvgIpc) is 3.35. The zero-order valence-electron chi connectivity index (χ0n) is 12.3. The highest BCUT2D eigenvalue weighted by atomic mass is 16.3. The second-order valence-electron chi connectivity index (χ2n) is 5.85. The van der Waals surface area contributed by atoms with Crippen molar-refractivity contribution in [2.75, 3.05) is 0 Å². The summed E-state index contributed by atoms with van der Waals surface area (Å²) in [6.45, 7) is 2.08. The second kappa shape index (κ2) is 6.16. The highest BCUT2D eigenvalue weighted by Crippen LogP contribution is 2.38. The lowest BCUT2D eigenvalue weighted by Gasteiger charge is -2.18. The first-order valence-corrected chi connectivity index (χ1v) is 7.55. The van der Waals surface area contributed by atoms with Crippen molar-refractivity contribution in [2.24, 2.45) is 5.92 Å². The fraction of sp³-hybridized carbons (Fsp3) is 0.300. The summed E-state index contributed by atoms with van der Waals surface area (Å²) in [6.07, 6.45) is 1.89. The van der Waals surface area contributed by atoms with E-state index in [9.17, 15) is 5.11 Å². The summed E-state index contributed by atoms with van der Waals surface area (Å²) < 4.78 is 0. The van der Waals surface area contributed by atoms with E-state index in [1.165, 1.54) is 5.56 Å². The maximum atomic E-state index is 10.5. The van der Waals surface area contributed by atoms with Crippen molar-refractivity contribution in [1.29, 1.82) is 0 Å². The average molecular weight is 276 g/mol. The topological polar surface area (TPSA) is 20.2 Å². The van der Waals surface area contributed by atoms with Gasteiger partial charge in [-0.2, -0.15) is 0 Å². The Bertz CT molecular complexity index is 642. The van der Waals surface area contributed by atoms with Crippen LogP contribution >= 0.6 is 0 Å². The molecule has 0 radical (unpaired) electrons. The number of hydrogen-bond donors (Lipinski definition) is 1. The van der Waals surface area contributed by atoms with E-state index in [0.29, 0.717) is 5.92 Å². The molecule has 1 heteroatoms. The van der Waals surface area contributed by atoms with Crippen molar-refractivity contribution >= 4 is 0 Å². The van der Waals surface area contributed by atoms with Crippen LogP contribution in [-0.4, -0.2) is 11.2 Å². The Kier molecular flexibility index (Phi) is 4.08. The van der Waals surface area contributed by atoms with E-state index in [1.54, 1.807) is 0 Å². The van der Waals surface area contributed by atoms with Crippen LogP contribution in [0.3, 0.4) is 0 Å². The van der Waals surface area contributed by atoms with Gasteiger partial charge in [0, 0.05) is 5.56 Å². The number of aliphatic hydroxyl groups is 1. The van der Waals surface area contributed by atoms with Gasteiger partial charge in [0.1, 0.15) is 0 Å². The van der Waals surface area contributed by atoms with E-state index in [2.05, 4.69) is 43.0 Å². The third-order valence-corrected chi connectivity index (χ3v) is 4.03. The molecule has 0 amide bonds. The van der Waals surface area contributed by atoms with Crippen molar-refractivity contribution < 1.29 is 5.11 Å². The molecule has 2 aromatic rings. The molecule has 21 heavy (non-hydrogen) atoms. The lowest BCUT2D eigenvalue weighted by atomic mass is 9.90. The quantitative estimate of drug-likeness (QED) is 0.843. The molecule has 1 aliphatic carbocycles. The van der Waals surface area contributed by atoms with Crippen LogP contribution in [0.2, 0.25) is 0 Å². The molecule has 1 unspecified atom stereocenters. The summed E-state index contributed by atoms with van der Waals surface area (Å²) in [5.41, 5.74) is 3.34. The van der Waals surface area contributed by atoms with Crippen LogP contribution in [0.1, 0.15) is 35.4 Å². The zero-order valence-corrected chi connectivity index (χ0v) is 12.3. The molecule has 106 valence electrons. The summed E-state index contributed by atoms with van der Waals surface area (Å²) in [5.74, 6) is 6.82. The van der Waals surface area contributed by atoms with Crippen molar-refractivity contribution in [2.45, 2.75) is 31.8 Å². The fourth-order valence-electron chi connectivity index (χ4n) is 2.53. The molecule has 0 bridgehead atoms. The van der Waals surface area contributed by atoms with Crippen molar-refractivity contribution in [3.8, 4) is 11.8 Å². The Labute approximate surface area is 126 Å². The standard InChI is InChI=1S/C20H20O/c1-15-7-10-17(11-8-15)19(20(21)18-12-13-18)14-9-16-5-3-2-4-6-16/h2-8,10-11,18-21H,12-13H2,1H3/t19?,20-/m0/s1. The molecular formula is C20H20O. The Hall–Kier alpha value is -2.04. The molecule has 0 spiro atoms. The molecule has 1 fully saturated rings. The first-order chi connectivity index (χ1) is 10.2. The van der Waals surface area contributed by atoms with E-state index < -0.39 is 0 Å². The van der Waals surface area contributed by atoms with Crippen LogP contribution < -0.4 is 0 Å². The fourth-order valence-corrected chi connectivity index (χ4v) is 2.53. The van der Waals surface area contributed by atoms with Crippen LogP contribution in [0.5, 0.6) is 0 Å². The lowest BCUT2D eigenvalue weighted by Crippen LogP contribution is -2.19. The first-order valence-electron chi connectivity index (χ1n) is 7.55. The number of aryl methyl sites for hydroxylation is 1. The molecule has 3 rings (SSSR count). The lowest BCUT2D eigenvalue weighted by molar-refractivity contribution is 0.139. The van der Waals surface area contributed by atoms with Crippen molar-refractivity contribution in [3.05, 3.63) is 71.3 Å². The van der Waals surface area contributed by atoms with E-state index in [4.69, 9.17) is 0 Å². The predicted octanol–water partition coefficient (Wildman–Crippen LogP) is 3.90. The summed E-state index contributed by atoms with van der Waals surface area (Å²) in [5, 5.41) is 10.5. The highest BCUT2D eigenvalue weighted by molar-refractivity contribution is 5.39. The Morgan fingerprint density at radius 1 is 1.00 bits per heavy atom. The predicted molar refractivity (Wildman–Crippen MR) is 86.0 cm³/mol. The smallest absolute Gasteiger partial charge is 0.0746 e. The Morgan fingerprint density at radius 3 is 2.29 bits per heavy atom. The molecule has 0 aliphatic heterocycles. The molecular weight excluding hydrogens is 256 g/mol. The normalized spacial score (nSPS) is 16.7. The summed E-state index contributed by atoms with van der Waals surface area (Å²) in [7, 11) is 0. The van der Waals surface area contributed by atoms with Crippen molar-refractivity contribution in [1.82, 2.24) is 0 Å². The molecule has 2 aromatic carbocycles. The number of rotatable bonds is 3. The van der Waals surface area contributed by atoms with Crippen LogP contribution in [0, 0.1) is 24.7 Å². The van der Waals surface area contributed by atoms with Gasteiger partial charge in [0.2, 0.25) is 0 Å². The minimum atomic E-state index is -0.357. The molecule has 0 heterocycles. The monoisotopic (exact) mass is 276 g/mol. The van der Waals surface area contributed by atoms with Gasteiger partial charge in [-0.3, -0.25) is 0 Å². The third kappa shape index (κ3) is 3.54. The van der Waals surface area contributed by atoms with Crippen molar-refractivity contribution in [3.63, 3.8) is 0 Å². The maximum absolute atomic E-state index is 10.5. The van der Waals surface area contributed by atoms with Crippen LogP contribution in [0.25, 0.3) is 0 Å². The van der Waals surface area contributed by atoms with Gasteiger partial charge in [0.15, 0.2) is 0 Å². The van der Waals surface area contributed by atoms with Gasteiger partial charge in [0.05, 0.1) is 12.0 Å². The maximum Gasteiger partial charge on any atom is 0.0746 e. The van der Waals surface area contributed by atoms with Gasteiger partial charge in [-0.25, -0.2) is 0 Å². The zero-order chi connectivity index (χ0) is 14.7. The SMILES string of the molecule is Cc1ccc(C(C#Cc2ccccc2)[C@@H](O)C2CC2)cc1. The summed E-state index contributed by atoms with van der Waals surface area (Å²) in [4.78, 5) is 0. The molecule has 0 aromatic heterocycles. The van der Waals surface area contributed by atoms with Gasteiger partial charge in [-0.05, 0) is 43.4 Å². The number of benzene rings is 2. The van der Waals surface area contributed by atoms with Gasteiger partial charge >= 0.3 is 0 Å². The van der Waals surface area contributed by atoms with Crippen LogP contribution in [0.15, 0.2) is 54.6 Å². The minimum absolute atomic E-state index is 0.0988.